The summed E-state index contributed by atoms with van der Waals surface area (Å²) in [7, 11) is 0. The van der Waals surface area contributed by atoms with Crippen molar-refractivity contribution in [2.45, 2.75) is 40.5 Å². The zero-order valence-electron chi connectivity index (χ0n) is 9.04. The third-order valence-corrected chi connectivity index (χ3v) is 2.11. The van der Waals surface area contributed by atoms with E-state index in [0.29, 0.717) is 12.3 Å². The second kappa shape index (κ2) is 5.90. The Labute approximate surface area is 80.7 Å². The van der Waals surface area contributed by atoms with Gasteiger partial charge in [0.1, 0.15) is 12.1 Å². The van der Waals surface area contributed by atoms with Crippen LogP contribution >= 0.6 is 0 Å². The average molecular weight is 184 g/mol. The minimum absolute atomic E-state index is 0.0451. The molecule has 2 nitrogen and oxygen atoms in total. The molecule has 0 aliphatic heterocycles. The minimum atomic E-state index is -0.0579. The zero-order valence-corrected chi connectivity index (χ0v) is 9.04. The summed E-state index contributed by atoms with van der Waals surface area (Å²) in [4.78, 5) is 22.0. The molecule has 0 heterocycles. The lowest BCUT2D eigenvalue weighted by Crippen LogP contribution is -2.21. The Bertz CT molecular complexity index is 171. The molecule has 0 saturated carbocycles. The predicted molar refractivity (Wildman–Crippen MR) is 53.5 cm³/mol. The smallest absolute Gasteiger partial charge is 0.138 e. The fourth-order valence-corrected chi connectivity index (χ4v) is 1.49. The molecule has 76 valence electrons. The number of carbonyl (C=O) groups excluding carboxylic acids is 2. The number of Topliss-reactive ketones (excluding diaryl/α,β-unsaturated/α-hetero) is 1. The number of ketones is 1. The Morgan fingerprint density at radius 2 is 1.77 bits per heavy atom. The van der Waals surface area contributed by atoms with Crippen LogP contribution in [0.2, 0.25) is 0 Å². The maximum atomic E-state index is 11.6. The number of hydrogen-bond donors (Lipinski definition) is 0. The lowest BCUT2D eigenvalue weighted by atomic mass is 9.86. The van der Waals surface area contributed by atoms with Gasteiger partial charge in [0.2, 0.25) is 0 Å². The molecular formula is C11H20O2. The average Bonchev–Trinajstić information content (AvgIpc) is 2.01. The molecule has 0 N–H and O–H groups in total. The summed E-state index contributed by atoms with van der Waals surface area (Å²) in [5, 5.41) is 0. The van der Waals surface area contributed by atoms with Crippen molar-refractivity contribution in [3.63, 3.8) is 0 Å². The van der Waals surface area contributed by atoms with Gasteiger partial charge >= 0.3 is 0 Å². The van der Waals surface area contributed by atoms with Gasteiger partial charge in [-0.25, -0.2) is 0 Å². The van der Waals surface area contributed by atoms with E-state index in [2.05, 4.69) is 13.8 Å². The second-order valence-electron chi connectivity index (χ2n) is 4.29. The van der Waals surface area contributed by atoms with Crippen molar-refractivity contribution in [2.24, 2.45) is 17.8 Å². The molecule has 0 spiro atoms. The fourth-order valence-electron chi connectivity index (χ4n) is 1.49. The highest BCUT2D eigenvalue weighted by Crippen LogP contribution is 2.18. The molecule has 0 amide bonds. The van der Waals surface area contributed by atoms with Crippen LogP contribution in [-0.2, 0) is 9.59 Å². The van der Waals surface area contributed by atoms with E-state index in [4.69, 9.17) is 0 Å². The van der Waals surface area contributed by atoms with Gasteiger partial charge < -0.3 is 4.79 Å². The first-order chi connectivity index (χ1) is 5.99. The van der Waals surface area contributed by atoms with Crippen LogP contribution in [-0.4, -0.2) is 12.1 Å². The van der Waals surface area contributed by atoms with Gasteiger partial charge in [-0.05, 0) is 12.3 Å². The number of rotatable bonds is 6. The van der Waals surface area contributed by atoms with E-state index in [1.54, 1.807) is 0 Å². The number of hydrogen-bond acceptors (Lipinski definition) is 2. The first kappa shape index (κ1) is 12.3. The van der Waals surface area contributed by atoms with Crippen LogP contribution in [0.5, 0.6) is 0 Å². The van der Waals surface area contributed by atoms with Gasteiger partial charge in [0.15, 0.2) is 0 Å². The summed E-state index contributed by atoms with van der Waals surface area (Å²) in [6.45, 7) is 7.93. The SMILES string of the molecule is CC(C)CC(CC=O)C(=O)C(C)C. The number of carbonyl (C=O) groups is 2. The van der Waals surface area contributed by atoms with Gasteiger partial charge in [0, 0.05) is 18.3 Å². The summed E-state index contributed by atoms with van der Waals surface area (Å²) >= 11 is 0. The van der Waals surface area contributed by atoms with Gasteiger partial charge in [-0.1, -0.05) is 27.7 Å². The zero-order chi connectivity index (χ0) is 10.4. The van der Waals surface area contributed by atoms with E-state index in [-0.39, 0.29) is 17.6 Å². The fraction of sp³-hybridized carbons (Fsp3) is 0.818. The van der Waals surface area contributed by atoms with E-state index >= 15 is 0 Å². The van der Waals surface area contributed by atoms with E-state index in [9.17, 15) is 9.59 Å². The molecule has 2 heteroatoms. The maximum Gasteiger partial charge on any atom is 0.138 e. The monoisotopic (exact) mass is 184 g/mol. The van der Waals surface area contributed by atoms with Gasteiger partial charge in [-0.3, -0.25) is 4.79 Å². The normalized spacial score (nSPS) is 13.4. The van der Waals surface area contributed by atoms with E-state index in [0.717, 1.165) is 12.7 Å². The highest BCUT2D eigenvalue weighted by atomic mass is 16.1. The van der Waals surface area contributed by atoms with Crippen molar-refractivity contribution in [1.29, 1.82) is 0 Å². The van der Waals surface area contributed by atoms with Crippen LogP contribution in [0.3, 0.4) is 0 Å². The molecule has 0 aromatic heterocycles. The van der Waals surface area contributed by atoms with Crippen molar-refractivity contribution in [3.8, 4) is 0 Å². The van der Waals surface area contributed by atoms with Crippen molar-refractivity contribution in [3.05, 3.63) is 0 Å². The third kappa shape index (κ3) is 4.81. The van der Waals surface area contributed by atoms with Crippen LogP contribution in [0.1, 0.15) is 40.5 Å². The molecule has 0 aliphatic carbocycles. The Morgan fingerprint density at radius 3 is 2.08 bits per heavy atom. The van der Waals surface area contributed by atoms with Crippen LogP contribution in [0.4, 0.5) is 0 Å². The summed E-state index contributed by atoms with van der Waals surface area (Å²) in [6, 6.07) is 0. The molecule has 0 fully saturated rings. The van der Waals surface area contributed by atoms with Crippen LogP contribution < -0.4 is 0 Å². The molecule has 0 radical (unpaired) electrons. The lowest BCUT2D eigenvalue weighted by molar-refractivity contribution is -0.128. The molecule has 0 rings (SSSR count). The molecule has 0 aliphatic rings. The molecule has 0 saturated heterocycles. The van der Waals surface area contributed by atoms with Crippen molar-refractivity contribution in [2.75, 3.05) is 0 Å². The van der Waals surface area contributed by atoms with Gasteiger partial charge in [-0.2, -0.15) is 0 Å². The summed E-state index contributed by atoms with van der Waals surface area (Å²) in [5.41, 5.74) is 0. The standard InChI is InChI=1S/C11H20O2/c1-8(2)7-10(5-6-12)11(13)9(3)4/h6,8-10H,5,7H2,1-4H3. The molecule has 13 heavy (non-hydrogen) atoms. The van der Waals surface area contributed by atoms with Gasteiger partial charge in [0.05, 0.1) is 0 Å². The first-order valence-corrected chi connectivity index (χ1v) is 4.96. The van der Waals surface area contributed by atoms with Crippen LogP contribution in [0.15, 0.2) is 0 Å². The molecule has 1 unspecified atom stereocenters. The topological polar surface area (TPSA) is 34.1 Å². The Morgan fingerprint density at radius 1 is 1.23 bits per heavy atom. The Kier molecular flexibility index (Phi) is 5.60. The molecule has 0 aromatic carbocycles. The molecule has 0 bridgehead atoms. The summed E-state index contributed by atoms with van der Waals surface area (Å²) in [6.07, 6.45) is 2.07. The van der Waals surface area contributed by atoms with E-state index in [1.165, 1.54) is 0 Å². The van der Waals surface area contributed by atoms with Gasteiger partial charge in [0.25, 0.3) is 0 Å². The van der Waals surface area contributed by atoms with E-state index in [1.807, 2.05) is 13.8 Å². The Balaban J connectivity index is 4.23. The van der Waals surface area contributed by atoms with Gasteiger partial charge in [-0.15, -0.1) is 0 Å². The van der Waals surface area contributed by atoms with Crippen molar-refractivity contribution in [1.82, 2.24) is 0 Å². The first-order valence-electron chi connectivity index (χ1n) is 4.96. The highest BCUT2D eigenvalue weighted by molar-refractivity contribution is 5.84. The second-order valence-corrected chi connectivity index (χ2v) is 4.29. The van der Waals surface area contributed by atoms with Crippen molar-refractivity contribution >= 4 is 12.1 Å². The molecular weight excluding hydrogens is 164 g/mol. The minimum Gasteiger partial charge on any atom is -0.303 e. The third-order valence-electron chi connectivity index (χ3n) is 2.11. The van der Waals surface area contributed by atoms with E-state index < -0.39 is 0 Å². The quantitative estimate of drug-likeness (QED) is 0.594. The maximum absolute atomic E-state index is 11.6. The summed E-state index contributed by atoms with van der Waals surface area (Å²) in [5.74, 6) is 0.689. The highest BCUT2D eigenvalue weighted by Gasteiger charge is 2.21. The van der Waals surface area contributed by atoms with Crippen molar-refractivity contribution < 1.29 is 9.59 Å². The largest absolute Gasteiger partial charge is 0.303 e. The van der Waals surface area contributed by atoms with Crippen LogP contribution in [0, 0.1) is 17.8 Å². The molecule has 0 aromatic rings. The van der Waals surface area contributed by atoms with Crippen LogP contribution in [0.25, 0.3) is 0 Å². The number of aldehydes is 1. The Hall–Kier alpha value is -0.660. The molecule has 1 atom stereocenters. The lowest BCUT2D eigenvalue weighted by Gasteiger charge is -2.17. The predicted octanol–water partition coefficient (Wildman–Crippen LogP) is 2.46. The summed E-state index contributed by atoms with van der Waals surface area (Å²) < 4.78 is 0.